The van der Waals surface area contributed by atoms with Gasteiger partial charge in [0.05, 0.1) is 5.69 Å². The summed E-state index contributed by atoms with van der Waals surface area (Å²) >= 11 is 5.95. The van der Waals surface area contributed by atoms with Crippen LogP contribution in [-0.2, 0) is 11.3 Å². The molecule has 0 saturated carbocycles. The van der Waals surface area contributed by atoms with Crippen molar-refractivity contribution in [3.05, 3.63) is 76.9 Å². The average molecular weight is 369 g/mol. The van der Waals surface area contributed by atoms with Gasteiger partial charge in [-0.3, -0.25) is 9.59 Å². The van der Waals surface area contributed by atoms with Crippen LogP contribution >= 0.6 is 11.6 Å². The van der Waals surface area contributed by atoms with E-state index in [9.17, 15) is 9.59 Å². The zero-order valence-electron chi connectivity index (χ0n) is 14.1. The summed E-state index contributed by atoms with van der Waals surface area (Å²) in [5, 5.41) is 10.4. The Labute approximate surface area is 155 Å². The van der Waals surface area contributed by atoms with Gasteiger partial charge in [-0.2, -0.15) is 5.10 Å². The van der Waals surface area contributed by atoms with Crippen LogP contribution in [0.3, 0.4) is 0 Å². The third-order valence-electron chi connectivity index (χ3n) is 3.59. The summed E-state index contributed by atoms with van der Waals surface area (Å²) in [6, 6.07) is 18.1. The third kappa shape index (κ3) is 4.29. The van der Waals surface area contributed by atoms with Gasteiger partial charge in [0, 0.05) is 24.6 Å². The quantitative estimate of drug-likeness (QED) is 0.724. The summed E-state index contributed by atoms with van der Waals surface area (Å²) in [6.07, 6.45) is 0. The number of aromatic nitrogens is 2. The number of benzene rings is 2. The minimum atomic E-state index is -0.341. The van der Waals surface area contributed by atoms with Crippen LogP contribution < -0.4 is 10.6 Å². The molecule has 7 heteroatoms. The van der Waals surface area contributed by atoms with Crippen molar-refractivity contribution < 1.29 is 9.59 Å². The smallest absolute Gasteiger partial charge is 0.272 e. The fraction of sp³-hybridized carbons (Fsp3) is 0.105. The van der Waals surface area contributed by atoms with E-state index in [2.05, 4.69) is 15.7 Å². The molecule has 0 fully saturated rings. The predicted octanol–water partition coefficient (Wildman–Crippen LogP) is 3.41. The Morgan fingerprint density at radius 2 is 1.85 bits per heavy atom. The zero-order valence-corrected chi connectivity index (χ0v) is 14.8. The summed E-state index contributed by atoms with van der Waals surface area (Å²) in [5.41, 5.74) is 1.83. The van der Waals surface area contributed by atoms with Crippen molar-refractivity contribution in [3.8, 4) is 5.69 Å². The van der Waals surface area contributed by atoms with Gasteiger partial charge in [0.25, 0.3) is 5.91 Å². The largest absolute Gasteiger partial charge is 0.347 e. The maximum atomic E-state index is 12.5. The minimum Gasteiger partial charge on any atom is -0.347 e. The van der Waals surface area contributed by atoms with Crippen molar-refractivity contribution in [2.75, 3.05) is 5.32 Å². The molecule has 2 amide bonds. The maximum absolute atomic E-state index is 12.5. The SMILES string of the molecule is CC(=O)Nc1cc(C(=O)NCc2cccc(Cl)c2)nn1-c1ccccc1. The van der Waals surface area contributed by atoms with Crippen LogP contribution in [0.5, 0.6) is 0 Å². The van der Waals surface area contributed by atoms with Crippen LogP contribution in [0.1, 0.15) is 23.0 Å². The summed E-state index contributed by atoms with van der Waals surface area (Å²) in [7, 11) is 0. The summed E-state index contributed by atoms with van der Waals surface area (Å²) in [5.74, 6) is -0.157. The lowest BCUT2D eigenvalue weighted by Gasteiger charge is -2.06. The van der Waals surface area contributed by atoms with Gasteiger partial charge in [-0.05, 0) is 29.8 Å². The average Bonchev–Trinajstić information content (AvgIpc) is 3.03. The van der Waals surface area contributed by atoms with Gasteiger partial charge >= 0.3 is 0 Å². The summed E-state index contributed by atoms with van der Waals surface area (Å²) in [6.45, 7) is 1.73. The molecule has 2 aromatic carbocycles. The van der Waals surface area contributed by atoms with E-state index >= 15 is 0 Å². The lowest BCUT2D eigenvalue weighted by molar-refractivity contribution is -0.114. The molecule has 26 heavy (non-hydrogen) atoms. The molecule has 2 N–H and O–H groups in total. The molecule has 1 aromatic heterocycles. The van der Waals surface area contributed by atoms with E-state index in [-0.39, 0.29) is 17.5 Å². The third-order valence-corrected chi connectivity index (χ3v) is 3.82. The first-order chi connectivity index (χ1) is 12.5. The first kappa shape index (κ1) is 17.7. The second-order valence-electron chi connectivity index (χ2n) is 5.66. The van der Waals surface area contributed by atoms with Crippen molar-refractivity contribution in [2.45, 2.75) is 13.5 Å². The summed E-state index contributed by atoms with van der Waals surface area (Å²) in [4.78, 5) is 23.9. The zero-order chi connectivity index (χ0) is 18.5. The standard InChI is InChI=1S/C19H17ClN4O2/c1-13(25)22-18-11-17(23-24(18)16-8-3-2-4-9-16)19(26)21-12-14-6-5-7-15(20)10-14/h2-11H,12H2,1H3,(H,21,26)(H,22,25). The molecule has 0 bridgehead atoms. The van der Waals surface area contributed by atoms with Crippen LogP contribution in [0.4, 0.5) is 5.82 Å². The Morgan fingerprint density at radius 1 is 1.08 bits per heavy atom. The fourth-order valence-corrected chi connectivity index (χ4v) is 2.66. The maximum Gasteiger partial charge on any atom is 0.272 e. The predicted molar refractivity (Wildman–Crippen MR) is 100 cm³/mol. The Morgan fingerprint density at radius 3 is 2.54 bits per heavy atom. The molecular weight excluding hydrogens is 352 g/mol. The normalized spacial score (nSPS) is 10.4. The van der Waals surface area contributed by atoms with Crippen molar-refractivity contribution in [3.63, 3.8) is 0 Å². The number of hydrogen-bond acceptors (Lipinski definition) is 3. The van der Waals surface area contributed by atoms with E-state index in [0.29, 0.717) is 17.4 Å². The van der Waals surface area contributed by atoms with Gasteiger partial charge in [-0.1, -0.05) is 41.9 Å². The second kappa shape index (κ2) is 7.84. The second-order valence-corrected chi connectivity index (χ2v) is 6.09. The highest BCUT2D eigenvalue weighted by Crippen LogP contribution is 2.17. The number of carbonyl (C=O) groups excluding carboxylic acids is 2. The van der Waals surface area contributed by atoms with Crippen molar-refractivity contribution in [2.24, 2.45) is 0 Å². The van der Waals surface area contributed by atoms with Gasteiger partial charge in [0.15, 0.2) is 5.69 Å². The topological polar surface area (TPSA) is 76.0 Å². The molecule has 0 radical (unpaired) electrons. The Kier molecular flexibility index (Phi) is 5.34. The molecule has 0 saturated heterocycles. The van der Waals surface area contributed by atoms with E-state index in [1.165, 1.54) is 11.6 Å². The van der Waals surface area contributed by atoms with Crippen LogP contribution in [0.25, 0.3) is 5.69 Å². The monoisotopic (exact) mass is 368 g/mol. The van der Waals surface area contributed by atoms with E-state index in [0.717, 1.165) is 11.3 Å². The number of amides is 2. The number of hydrogen-bond donors (Lipinski definition) is 2. The minimum absolute atomic E-state index is 0.208. The van der Waals surface area contributed by atoms with Crippen LogP contribution in [0, 0.1) is 0 Å². The summed E-state index contributed by atoms with van der Waals surface area (Å²) < 4.78 is 1.52. The van der Waals surface area contributed by atoms with Gasteiger partial charge in [-0.25, -0.2) is 4.68 Å². The number of nitrogens with one attached hydrogen (secondary N) is 2. The highest BCUT2D eigenvalue weighted by atomic mass is 35.5. The molecule has 0 aliphatic heterocycles. The number of nitrogens with zero attached hydrogens (tertiary/aromatic N) is 2. The van der Waals surface area contributed by atoms with Gasteiger partial charge in [0.1, 0.15) is 5.82 Å². The van der Waals surface area contributed by atoms with E-state index < -0.39 is 0 Å². The Bertz CT molecular complexity index is 938. The van der Waals surface area contributed by atoms with Crippen molar-refractivity contribution in [1.29, 1.82) is 0 Å². The lowest BCUT2D eigenvalue weighted by atomic mass is 10.2. The van der Waals surface area contributed by atoms with Crippen LogP contribution in [-0.4, -0.2) is 21.6 Å². The van der Waals surface area contributed by atoms with Gasteiger partial charge < -0.3 is 10.6 Å². The number of anilines is 1. The first-order valence-electron chi connectivity index (χ1n) is 7.98. The molecule has 1 heterocycles. The molecule has 6 nitrogen and oxygen atoms in total. The molecule has 3 aromatic rings. The molecule has 0 aliphatic rings. The molecule has 132 valence electrons. The van der Waals surface area contributed by atoms with Crippen LogP contribution in [0.15, 0.2) is 60.7 Å². The van der Waals surface area contributed by atoms with E-state index in [1.54, 1.807) is 18.2 Å². The molecule has 0 unspecified atom stereocenters. The number of halogens is 1. The van der Waals surface area contributed by atoms with E-state index in [1.807, 2.05) is 42.5 Å². The molecular formula is C19H17ClN4O2. The van der Waals surface area contributed by atoms with Crippen molar-refractivity contribution >= 4 is 29.2 Å². The highest BCUT2D eigenvalue weighted by molar-refractivity contribution is 6.30. The Balaban J connectivity index is 1.82. The Hall–Kier alpha value is -3.12. The molecule has 3 rings (SSSR count). The first-order valence-corrected chi connectivity index (χ1v) is 8.36. The van der Waals surface area contributed by atoms with E-state index in [4.69, 9.17) is 11.6 Å². The molecule has 0 atom stereocenters. The van der Waals surface area contributed by atoms with Crippen LogP contribution in [0.2, 0.25) is 5.02 Å². The van der Waals surface area contributed by atoms with Gasteiger partial charge in [-0.15, -0.1) is 0 Å². The number of carbonyl (C=O) groups is 2. The molecule has 0 aliphatic carbocycles. The fourth-order valence-electron chi connectivity index (χ4n) is 2.45. The number of para-hydroxylation sites is 1. The lowest BCUT2D eigenvalue weighted by Crippen LogP contribution is -2.23. The molecule has 0 spiro atoms. The van der Waals surface area contributed by atoms with Crippen molar-refractivity contribution in [1.82, 2.24) is 15.1 Å². The van der Waals surface area contributed by atoms with Gasteiger partial charge in [0.2, 0.25) is 5.91 Å². The number of rotatable bonds is 5. The highest BCUT2D eigenvalue weighted by Gasteiger charge is 2.16.